The molecule has 2 fully saturated rings. The molecule has 1 aromatic heterocycles. The lowest BCUT2D eigenvalue weighted by Gasteiger charge is -2.45. The van der Waals surface area contributed by atoms with Gasteiger partial charge < -0.3 is 29.4 Å². The van der Waals surface area contributed by atoms with Crippen LogP contribution in [0, 0.1) is 5.92 Å². The monoisotopic (exact) mass is 830 g/mol. The third-order valence-electron chi connectivity index (χ3n) is 11.0. The van der Waals surface area contributed by atoms with Crippen molar-refractivity contribution in [2.24, 2.45) is 5.92 Å². The Labute approximate surface area is 328 Å². The van der Waals surface area contributed by atoms with E-state index in [4.69, 9.17) is 9.84 Å². The van der Waals surface area contributed by atoms with Crippen molar-refractivity contribution in [3.63, 3.8) is 0 Å². The Kier molecular flexibility index (Phi) is 12.8. The number of aliphatic carboxylic acids is 1. The van der Waals surface area contributed by atoms with Gasteiger partial charge in [0.2, 0.25) is 11.9 Å². The molecule has 4 heterocycles. The highest BCUT2D eigenvalue weighted by atomic mass is 19.4. The van der Waals surface area contributed by atoms with Crippen LogP contribution in [0.15, 0.2) is 48.8 Å². The SMILES string of the molecule is CC[C@@H]1CC(N(Cc2cc(C(F)(F)F)cc(C(F)(F)F)c2)c2ncc(N3CCOCC3)cn2)c2cc(C(F)(F)F)ccc2N1C(=O)CCN1CCC(CC(=O)O)CC1. The number of ether oxygens (including phenoxy) is 1. The smallest absolute Gasteiger partial charge is 0.416 e. The van der Waals surface area contributed by atoms with E-state index in [1.165, 1.54) is 28.3 Å². The summed E-state index contributed by atoms with van der Waals surface area (Å²) in [7, 11) is 0. The van der Waals surface area contributed by atoms with E-state index in [9.17, 15) is 49.1 Å². The Balaban J connectivity index is 1.40. The number of hydrogen-bond donors (Lipinski definition) is 1. The van der Waals surface area contributed by atoms with Gasteiger partial charge in [0, 0.05) is 50.7 Å². The second kappa shape index (κ2) is 17.3. The number of fused-ring (bicyclic) bond motifs is 1. The highest BCUT2D eigenvalue weighted by molar-refractivity contribution is 5.95. The minimum absolute atomic E-state index is 0.00185. The summed E-state index contributed by atoms with van der Waals surface area (Å²) < 4.78 is 132. The molecule has 6 rings (SSSR count). The quantitative estimate of drug-likeness (QED) is 0.192. The second-order valence-electron chi connectivity index (χ2n) is 14.9. The Morgan fingerprint density at radius 2 is 1.45 bits per heavy atom. The zero-order chi connectivity index (χ0) is 42.0. The molecule has 3 aliphatic rings. The first-order valence-corrected chi connectivity index (χ1v) is 19.0. The summed E-state index contributed by atoms with van der Waals surface area (Å²) in [5.74, 6) is -1.41. The molecule has 0 radical (unpaired) electrons. The summed E-state index contributed by atoms with van der Waals surface area (Å²) in [5.41, 5.74) is -3.96. The fourth-order valence-corrected chi connectivity index (χ4v) is 8.00. The predicted molar refractivity (Wildman–Crippen MR) is 194 cm³/mol. The zero-order valence-corrected chi connectivity index (χ0v) is 31.5. The lowest BCUT2D eigenvalue weighted by molar-refractivity contribution is -0.143. The van der Waals surface area contributed by atoms with Crippen LogP contribution in [-0.2, 0) is 39.4 Å². The molecule has 19 heteroatoms. The first-order valence-electron chi connectivity index (χ1n) is 19.0. The number of halogens is 9. The molecule has 3 aromatic rings. The Morgan fingerprint density at radius 3 is 2.00 bits per heavy atom. The maximum Gasteiger partial charge on any atom is 0.416 e. The van der Waals surface area contributed by atoms with Crippen molar-refractivity contribution >= 4 is 29.2 Å². The third kappa shape index (κ3) is 10.1. The van der Waals surface area contributed by atoms with Gasteiger partial charge in [0.05, 0.1) is 54.0 Å². The fourth-order valence-electron chi connectivity index (χ4n) is 8.00. The molecule has 0 saturated carbocycles. The van der Waals surface area contributed by atoms with Gasteiger partial charge >= 0.3 is 24.5 Å². The summed E-state index contributed by atoms with van der Waals surface area (Å²) in [6, 6.07) is 2.22. The number of nitrogens with zero attached hydrogens (tertiary/aromatic N) is 6. The molecule has 1 amide bonds. The number of likely N-dealkylation sites (tertiary alicyclic amines) is 1. The number of rotatable bonds is 11. The molecule has 1 N–H and O–H groups in total. The van der Waals surface area contributed by atoms with Crippen molar-refractivity contribution in [1.82, 2.24) is 14.9 Å². The number of carboxylic acid groups (broad SMARTS) is 1. The van der Waals surface area contributed by atoms with Crippen molar-refractivity contribution < 1.29 is 58.9 Å². The largest absolute Gasteiger partial charge is 0.481 e. The van der Waals surface area contributed by atoms with Crippen molar-refractivity contribution in [2.75, 3.05) is 60.6 Å². The van der Waals surface area contributed by atoms with Crippen LogP contribution in [0.4, 0.5) is 56.8 Å². The number of carboxylic acids is 1. The maximum absolute atomic E-state index is 14.3. The van der Waals surface area contributed by atoms with Gasteiger partial charge in [0.15, 0.2) is 0 Å². The summed E-state index contributed by atoms with van der Waals surface area (Å²) in [6.45, 7) is 4.40. The average Bonchev–Trinajstić information content (AvgIpc) is 3.18. The lowest BCUT2D eigenvalue weighted by atomic mass is 9.87. The van der Waals surface area contributed by atoms with Crippen LogP contribution in [-0.4, -0.2) is 83.8 Å². The molecular formula is C39H43F9N6O4. The molecule has 2 aromatic carbocycles. The highest BCUT2D eigenvalue weighted by Crippen LogP contribution is 2.46. The topological polar surface area (TPSA) is 102 Å². The van der Waals surface area contributed by atoms with E-state index in [-0.39, 0.29) is 54.4 Å². The minimum atomic E-state index is -5.15. The fraction of sp³-hybridized carbons (Fsp3) is 0.538. The first-order chi connectivity index (χ1) is 27.3. The first kappa shape index (κ1) is 42.9. The van der Waals surface area contributed by atoms with Gasteiger partial charge in [-0.25, -0.2) is 9.97 Å². The minimum Gasteiger partial charge on any atom is -0.481 e. The van der Waals surface area contributed by atoms with Gasteiger partial charge in [-0.1, -0.05) is 6.92 Å². The molecule has 316 valence electrons. The van der Waals surface area contributed by atoms with Crippen LogP contribution >= 0.6 is 0 Å². The number of hydrogen-bond acceptors (Lipinski definition) is 8. The summed E-state index contributed by atoms with van der Waals surface area (Å²) in [6.07, 6.45) is -10.7. The third-order valence-corrected chi connectivity index (χ3v) is 11.0. The van der Waals surface area contributed by atoms with Gasteiger partial charge in [-0.3, -0.25) is 9.59 Å². The van der Waals surface area contributed by atoms with Crippen LogP contribution in [0.3, 0.4) is 0 Å². The van der Waals surface area contributed by atoms with E-state index < -0.39 is 65.4 Å². The van der Waals surface area contributed by atoms with Crippen LogP contribution in [0.1, 0.15) is 79.3 Å². The van der Waals surface area contributed by atoms with Crippen LogP contribution in [0.25, 0.3) is 0 Å². The standard InChI is InChI=1S/C39H43F9N6O4/c1-2-29-20-33(31-19-26(37(40,41)42)3-4-32(31)54(29)34(55)7-10-51-8-5-24(6-9-51)17-35(56)57)53(36-49-21-30(22-50-36)52-11-13-58-14-12-52)23-25-15-27(38(43,44)45)18-28(16-25)39(46,47)48/h3-4,15-16,18-19,21-22,24,29,33H,2,5-14,17,20,23H2,1H3,(H,56,57)/t29-,33?/m1/s1. The zero-order valence-electron chi connectivity index (χ0n) is 31.5. The number of anilines is 3. The Morgan fingerprint density at radius 1 is 0.845 bits per heavy atom. The van der Waals surface area contributed by atoms with Gasteiger partial charge in [-0.2, -0.15) is 39.5 Å². The number of carbonyl (C=O) groups excluding carboxylic acids is 1. The molecule has 2 atom stereocenters. The molecule has 0 bridgehead atoms. The van der Waals surface area contributed by atoms with E-state index >= 15 is 0 Å². The van der Waals surface area contributed by atoms with E-state index in [1.807, 2.05) is 9.80 Å². The molecular weight excluding hydrogens is 787 g/mol. The van der Waals surface area contributed by atoms with Gasteiger partial charge in [-0.15, -0.1) is 0 Å². The van der Waals surface area contributed by atoms with E-state index in [2.05, 4.69) is 9.97 Å². The number of benzene rings is 2. The van der Waals surface area contributed by atoms with Gasteiger partial charge in [-0.05, 0) is 92.2 Å². The molecule has 1 unspecified atom stereocenters. The number of morpholine rings is 1. The highest BCUT2D eigenvalue weighted by Gasteiger charge is 2.42. The number of alkyl halides is 9. The van der Waals surface area contributed by atoms with Crippen molar-refractivity contribution in [1.29, 1.82) is 0 Å². The van der Waals surface area contributed by atoms with Crippen molar-refractivity contribution in [3.05, 3.63) is 76.6 Å². The van der Waals surface area contributed by atoms with E-state index in [0.29, 0.717) is 83.0 Å². The lowest BCUT2D eigenvalue weighted by Crippen LogP contribution is -2.48. The van der Waals surface area contributed by atoms with Crippen molar-refractivity contribution in [2.45, 2.75) is 82.6 Å². The molecule has 2 saturated heterocycles. The Bertz CT molecular complexity index is 1880. The number of aromatic nitrogens is 2. The predicted octanol–water partition coefficient (Wildman–Crippen LogP) is 8.21. The van der Waals surface area contributed by atoms with Gasteiger partial charge in [0.25, 0.3) is 0 Å². The maximum atomic E-state index is 14.3. The number of amides is 1. The number of piperidine rings is 1. The average molecular weight is 831 g/mol. The number of carbonyl (C=O) groups is 2. The van der Waals surface area contributed by atoms with Crippen LogP contribution in [0.5, 0.6) is 0 Å². The molecule has 10 nitrogen and oxygen atoms in total. The van der Waals surface area contributed by atoms with Gasteiger partial charge in [0.1, 0.15) is 0 Å². The second-order valence-corrected chi connectivity index (χ2v) is 14.9. The summed E-state index contributed by atoms with van der Waals surface area (Å²) in [4.78, 5) is 40.9. The van der Waals surface area contributed by atoms with Crippen molar-refractivity contribution in [3.8, 4) is 0 Å². The summed E-state index contributed by atoms with van der Waals surface area (Å²) in [5, 5.41) is 9.15. The normalized spacial score (nSPS) is 19.9. The van der Waals surface area contributed by atoms with E-state index in [1.54, 1.807) is 6.92 Å². The van der Waals surface area contributed by atoms with Crippen LogP contribution in [0.2, 0.25) is 0 Å². The van der Waals surface area contributed by atoms with E-state index in [0.717, 1.165) is 12.1 Å². The Hall–Kier alpha value is -4.65. The molecule has 3 aliphatic heterocycles. The van der Waals surface area contributed by atoms with Crippen LogP contribution < -0.4 is 14.7 Å². The molecule has 58 heavy (non-hydrogen) atoms. The molecule has 0 aliphatic carbocycles. The molecule has 0 spiro atoms. The summed E-state index contributed by atoms with van der Waals surface area (Å²) >= 11 is 0.